The van der Waals surface area contributed by atoms with Gasteiger partial charge in [0, 0.05) is 29.2 Å². The number of Topliss-reactive ketones (excluding diaryl/α,β-unsaturated/α-hetero) is 1. The Morgan fingerprint density at radius 1 is 1.24 bits per heavy atom. The smallest absolute Gasteiger partial charge is 0.412 e. The first-order valence-corrected chi connectivity index (χ1v) is 13.0. The van der Waals surface area contributed by atoms with Crippen molar-refractivity contribution in [2.45, 2.75) is 85.3 Å². The summed E-state index contributed by atoms with van der Waals surface area (Å²) in [7, 11) is 0. The number of aliphatic hydroxyl groups is 2. The van der Waals surface area contributed by atoms with Crippen LogP contribution in [0.1, 0.15) is 64.6 Å². The van der Waals surface area contributed by atoms with Gasteiger partial charge in [-0.1, -0.05) is 45.9 Å². The topological polar surface area (TPSA) is 96.7 Å². The van der Waals surface area contributed by atoms with Crippen LogP contribution in [0.15, 0.2) is 34.8 Å². The second kappa shape index (κ2) is 12.5. The maximum Gasteiger partial charge on any atom is 0.412 e. The Labute approximate surface area is 219 Å². The van der Waals surface area contributed by atoms with Crippen molar-refractivity contribution >= 4 is 29.2 Å². The van der Waals surface area contributed by atoms with Crippen LogP contribution in [-0.2, 0) is 14.3 Å². The first-order valence-electron chi connectivity index (χ1n) is 12.2. The second-order valence-corrected chi connectivity index (χ2v) is 11.3. The van der Waals surface area contributed by atoms with E-state index in [0.717, 1.165) is 11.1 Å². The third kappa shape index (κ3) is 8.35. The van der Waals surface area contributed by atoms with Crippen LogP contribution in [0, 0.1) is 24.2 Å². The van der Waals surface area contributed by atoms with Crippen molar-refractivity contribution in [2.75, 3.05) is 0 Å². The molecule has 0 fully saturated rings. The third-order valence-electron chi connectivity index (χ3n) is 6.81. The molecular formula is C27H36F3NO5S. The number of esters is 1. The number of allylic oxidation sites excluding steroid dienone is 2. The highest BCUT2D eigenvalue weighted by atomic mass is 32.1. The maximum atomic E-state index is 13.8. The van der Waals surface area contributed by atoms with Crippen molar-refractivity contribution in [2.24, 2.45) is 17.3 Å². The molecule has 206 valence electrons. The number of carbonyl (C=O) groups is 2. The number of carbonyl (C=O) groups excluding carboxylic acids is 2. The molecule has 6 nitrogen and oxygen atoms in total. The SMILES string of the molecule is C/C(=C\c1csc(C)n1)[C@@H]1C/C=C(/C(F)(F)F)C/C=C/C(C)[C@H](O)[C@@H](C)C(=O)C(C)(C)[C@@H](O)CC(=O)O1. The van der Waals surface area contributed by atoms with Gasteiger partial charge in [-0.15, -0.1) is 11.3 Å². The molecule has 1 aliphatic rings. The van der Waals surface area contributed by atoms with Gasteiger partial charge < -0.3 is 14.9 Å². The Morgan fingerprint density at radius 2 is 1.89 bits per heavy atom. The van der Waals surface area contributed by atoms with Crippen LogP contribution in [-0.4, -0.2) is 51.4 Å². The minimum Gasteiger partial charge on any atom is -0.457 e. The Kier molecular flexibility index (Phi) is 10.4. The van der Waals surface area contributed by atoms with Gasteiger partial charge in [-0.05, 0) is 31.9 Å². The number of aliphatic hydroxyl groups excluding tert-OH is 2. The fourth-order valence-electron chi connectivity index (χ4n) is 4.17. The molecule has 1 aromatic heterocycles. The molecule has 2 rings (SSSR count). The van der Waals surface area contributed by atoms with Crippen molar-refractivity contribution in [3.05, 3.63) is 45.5 Å². The molecular weight excluding hydrogens is 507 g/mol. The zero-order valence-corrected chi connectivity index (χ0v) is 22.8. The highest BCUT2D eigenvalue weighted by Crippen LogP contribution is 2.33. The standard InChI is InChI=1S/C27H36F3NO5S/c1-15-8-7-9-19(27(28,29)30)10-11-21(16(2)12-20-14-37-18(4)31-20)36-23(33)13-22(32)26(5,6)25(35)17(3)24(15)34/h7-8,10,12,14-15,17,21-22,24,32,34H,9,11,13H2,1-6H3/b8-7+,16-12+,19-10+/t15?,17-,21+,22+,24+/m1/s1. The first-order chi connectivity index (χ1) is 17.0. The number of ketones is 1. The van der Waals surface area contributed by atoms with Gasteiger partial charge in [0.25, 0.3) is 0 Å². The number of aryl methyl sites for hydroxylation is 1. The van der Waals surface area contributed by atoms with E-state index in [1.165, 1.54) is 44.3 Å². The Balaban J connectivity index is 2.50. The van der Waals surface area contributed by atoms with Gasteiger partial charge in [0.05, 0.1) is 34.7 Å². The number of aromatic nitrogens is 1. The molecule has 0 amide bonds. The van der Waals surface area contributed by atoms with Gasteiger partial charge >= 0.3 is 12.1 Å². The molecule has 0 bridgehead atoms. The average Bonchev–Trinajstić information content (AvgIpc) is 3.21. The molecule has 1 aliphatic heterocycles. The molecule has 1 unspecified atom stereocenters. The molecule has 1 aromatic rings. The minimum absolute atomic E-state index is 0.243. The van der Waals surface area contributed by atoms with E-state index in [0.29, 0.717) is 11.3 Å². The number of hydrogen-bond acceptors (Lipinski definition) is 7. The molecule has 10 heteroatoms. The summed E-state index contributed by atoms with van der Waals surface area (Å²) in [5, 5.41) is 24.0. The van der Waals surface area contributed by atoms with E-state index in [4.69, 9.17) is 4.74 Å². The molecule has 5 atom stereocenters. The monoisotopic (exact) mass is 543 g/mol. The quantitative estimate of drug-likeness (QED) is 0.373. The van der Waals surface area contributed by atoms with Crippen LogP contribution < -0.4 is 0 Å². The summed E-state index contributed by atoms with van der Waals surface area (Å²) < 4.78 is 46.8. The van der Waals surface area contributed by atoms with Crippen molar-refractivity contribution in [1.29, 1.82) is 0 Å². The molecule has 0 aromatic carbocycles. The number of thiazole rings is 1. The Bertz CT molecular complexity index is 1060. The zero-order valence-electron chi connectivity index (χ0n) is 22.0. The fraction of sp³-hybridized carbons (Fsp3) is 0.593. The van der Waals surface area contributed by atoms with Gasteiger partial charge in [-0.2, -0.15) is 13.2 Å². The third-order valence-corrected chi connectivity index (χ3v) is 7.60. The Morgan fingerprint density at radius 3 is 2.46 bits per heavy atom. The van der Waals surface area contributed by atoms with E-state index in [2.05, 4.69) is 4.98 Å². The summed E-state index contributed by atoms with van der Waals surface area (Å²) in [5.74, 6) is -2.85. The van der Waals surface area contributed by atoms with E-state index < -0.39 is 71.9 Å². The lowest BCUT2D eigenvalue weighted by atomic mass is 9.73. The van der Waals surface area contributed by atoms with Crippen LogP contribution in [0.3, 0.4) is 0 Å². The van der Waals surface area contributed by atoms with E-state index in [-0.39, 0.29) is 6.42 Å². The summed E-state index contributed by atoms with van der Waals surface area (Å²) in [5.41, 5.74) is -1.11. The largest absolute Gasteiger partial charge is 0.457 e. The summed E-state index contributed by atoms with van der Waals surface area (Å²) in [6, 6.07) is 0. The van der Waals surface area contributed by atoms with Crippen LogP contribution in [0.5, 0.6) is 0 Å². The van der Waals surface area contributed by atoms with Crippen molar-refractivity contribution in [3.8, 4) is 0 Å². The van der Waals surface area contributed by atoms with E-state index in [1.807, 2.05) is 6.92 Å². The van der Waals surface area contributed by atoms with Gasteiger partial charge in [-0.25, -0.2) is 4.98 Å². The van der Waals surface area contributed by atoms with Crippen LogP contribution in [0.4, 0.5) is 13.2 Å². The number of hydrogen-bond donors (Lipinski definition) is 2. The van der Waals surface area contributed by atoms with Gasteiger partial charge in [0.15, 0.2) is 0 Å². The molecule has 0 spiro atoms. The van der Waals surface area contributed by atoms with E-state index >= 15 is 0 Å². The van der Waals surface area contributed by atoms with Gasteiger partial charge in [-0.3, -0.25) is 9.59 Å². The van der Waals surface area contributed by atoms with E-state index in [1.54, 1.807) is 25.3 Å². The number of alkyl halides is 3. The van der Waals surface area contributed by atoms with Gasteiger partial charge in [0.2, 0.25) is 0 Å². The van der Waals surface area contributed by atoms with Crippen molar-refractivity contribution in [1.82, 2.24) is 4.98 Å². The lowest BCUT2D eigenvalue weighted by Crippen LogP contribution is -2.45. The second-order valence-electron chi connectivity index (χ2n) is 10.2. The summed E-state index contributed by atoms with van der Waals surface area (Å²) in [4.78, 5) is 30.2. The van der Waals surface area contributed by atoms with Crippen LogP contribution in [0.2, 0.25) is 0 Å². The molecule has 0 radical (unpaired) electrons. The fourth-order valence-corrected chi connectivity index (χ4v) is 4.74. The van der Waals surface area contributed by atoms with E-state index in [9.17, 15) is 33.0 Å². The summed E-state index contributed by atoms with van der Waals surface area (Å²) in [6.07, 6.45) is -4.04. The summed E-state index contributed by atoms with van der Waals surface area (Å²) >= 11 is 1.41. The number of rotatable bonds is 2. The number of ether oxygens (including phenoxy) is 1. The van der Waals surface area contributed by atoms with Crippen LogP contribution >= 0.6 is 11.3 Å². The first kappa shape index (κ1) is 30.9. The van der Waals surface area contributed by atoms with Gasteiger partial charge in [0.1, 0.15) is 11.9 Å². The maximum absolute atomic E-state index is 13.8. The highest BCUT2D eigenvalue weighted by Gasteiger charge is 2.42. The number of halogens is 3. The molecule has 0 saturated carbocycles. The molecule has 0 saturated heterocycles. The molecule has 2 heterocycles. The lowest BCUT2D eigenvalue weighted by Gasteiger charge is -2.34. The number of cyclic esters (lactones) is 1. The molecule has 2 N–H and O–H groups in total. The van der Waals surface area contributed by atoms with Crippen LogP contribution in [0.25, 0.3) is 6.08 Å². The van der Waals surface area contributed by atoms with Crippen molar-refractivity contribution < 1.29 is 37.7 Å². The molecule has 37 heavy (non-hydrogen) atoms. The average molecular weight is 544 g/mol. The highest BCUT2D eigenvalue weighted by molar-refractivity contribution is 7.09. The predicted molar refractivity (Wildman–Crippen MR) is 137 cm³/mol. The summed E-state index contributed by atoms with van der Waals surface area (Å²) in [6.45, 7) is 9.55. The zero-order chi connectivity index (χ0) is 28.1. The normalized spacial score (nSPS) is 31.4. The van der Waals surface area contributed by atoms with Crippen molar-refractivity contribution in [3.63, 3.8) is 0 Å². The Hall–Kier alpha value is -2.30. The minimum atomic E-state index is -4.61. The lowest BCUT2D eigenvalue weighted by molar-refractivity contribution is -0.154. The molecule has 0 aliphatic carbocycles. The number of nitrogens with zero attached hydrogens (tertiary/aromatic N) is 1. The predicted octanol–water partition coefficient (Wildman–Crippen LogP) is 5.58.